The molecule has 0 radical (unpaired) electrons. The number of ether oxygens (including phenoxy) is 3. The number of nitrogens with zero attached hydrogens (tertiary/aromatic N) is 1. The number of likely N-dealkylation sites (N-methyl/N-ethyl adjacent to an activating group) is 1. The van der Waals surface area contributed by atoms with E-state index in [2.05, 4.69) is 4.74 Å². The number of benzene rings is 1. The Morgan fingerprint density at radius 3 is 2.29 bits per heavy atom. The maximum atomic E-state index is 11.7. The lowest BCUT2D eigenvalue weighted by Gasteiger charge is -2.14. The molecule has 21 heavy (non-hydrogen) atoms. The van der Waals surface area contributed by atoms with Crippen LogP contribution in [0.1, 0.15) is 13.3 Å². The Bertz CT molecular complexity index is 458. The Morgan fingerprint density at radius 1 is 1.10 bits per heavy atom. The standard InChI is InChI=1S/C15H21NO5/c1-4-20-12-5-7-13(8-6-12)21-15(18)11-16(2)10-9-14(17)19-3/h5-8H,4,9-11H2,1-3H3. The fourth-order valence-electron chi connectivity index (χ4n) is 1.62. The van der Waals surface area contributed by atoms with Gasteiger partial charge in [-0.3, -0.25) is 14.5 Å². The summed E-state index contributed by atoms with van der Waals surface area (Å²) < 4.78 is 15.0. The van der Waals surface area contributed by atoms with Crippen LogP contribution in [-0.2, 0) is 14.3 Å². The molecule has 1 aromatic rings. The van der Waals surface area contributed by atoms with Crippen LogP contribution in [0.15, 0.2) is 24.3 Å². The van der Waals surface area contributed by atoms with E-state index in [9.17, 15) is 9.59 Å². The van der Waals surface area contributed by atoms with Crippen molar-refractivity contribution in [2.75, 3.05) is 33.9 Å². The summed E-state index contributed by atoms with van der Waals surface area (Å²) in [6.07, 6.45) is 0.239. The van der Waals surface area contributed by atoms with Gasteiger partial charge in [-0.25, -0.2) is 0 Å². The largest absolute Gasteiger partial charge is 0.494 e. The minimum atomic E-state index is -0.383. The number of carbonyl (C=O) groups excluding carboxylic acids is 2. The van der Waals surface area contributed by atoms with E-state index in [1.54, 1.807) is 36.2 Å². The molecule has 0 amide bonds. The van der Waals surface area contributed by atoms with Gasteiger partial charge >= 0.3 is 11.9 Å². The van der Waals surface area contributed by atoms with Crippen LogP contribution in [0.3, 0.4) is 0 Å². The smallest absolute Gasteiger partial charge is 0.325 e. The van der Waals surface area contributed by atoms with E-state index in [0.717, 1.165) is 5.75 Å². The number of hydrogen-bond acceptors (Lipinski definition) is 6. The van der Waals surface area contributed by atoms with Gasteiger partial charge in [0.05, 0.1) is 26.7 Å². The molecule has 0 aliphatic heterocycles. The molecule has 0 saturated heterocycles. The van der Waals surface area contributed by atoms with Crippen molar-refractivity contribution in [3.05, 3.63) is 24.3 Å². The summed E-state index contributed by atoms with van der Waals surface area (Å²) >= 11 is 0. The SMILES string of the molecule is CCOc1ccc(OC(=O)CN(C)CCC(=O)OC)cc1. The van der Waals surface area contributed by atoms with E-state index in [1.165, 1.54) is 7.11 Å². The topological polar surface area (TPSA) is 65.1 Å². The van der Waals surface area contributed by atoms with E-state index in [1.807, 2.05) is 6.92 Å². The highest BCUT2D eigenvalue weighted by atomic mass is 16.5. The van der Waals surface area contributed by atoms with Crippen LogP contribution in [0.4, 0.5) is 0 Å². The molecule has 0 fully saturated rings. The van der Waals surface area contributed by atoms with Crippen LogP contribution in [0, 0.1) is 0 Å². The maximum Gasteiger partial charge on any atom is 0.325 e. The predicted octanol–water partition coefficient (Wildman–Crippen LogP) is 1.49. The van der Waals surface area contributed by atoms with Crippen molar-refractivity contribution in [2.24, 2.45) is 0 Å². The van der Waals surface area contributed by atoms with Crippen LogP contribution in [0.5, 0.6) is 11.5 Å². The second kappa shape index (κ2) is 8.97. The summed E-state index contributed by atoms with van der Waals surface area (Å²) in [5, 5.41) is 0. The van der Waals surface area contributed by atoms with Crippen molar-refractivity contribution in [3.63, 3.8) is 0 Å². The molecule has 0 aromatic heterocycles. The van der Waals surface area contributed by atoms with E-state index < -0.39 is 0 Å². The summed E-state index contributed by atoms with van der Waals surface area (Å²) in [4.78, 5) is 24.4. The van der Waals surface area contributed by atoms with Crippen molar-refractivity contribution in [3.8, 4) is 11.5 Å². The summed E-state index contributed by atoms with van der Waals surface area (Å²) in [5.41, 5.74) is 0. The van der Waals surface area contributed by atoms with Crippen LogP contribution < -0.4 is 9.47 Å². The van der Waals surface area contributed by atoms with Crippen LogP contribution >= 0.6 is 0 Å². The fraction of sp³-hybridized carbons (Fsp3) is 0.467. The van der Waals surface area contributed by atoms with Crippen molar-refractivity contribution in [1.82, 2.24) is 4.90 Å². The number of carbonyl (C=O) groups is 2. The van der Waals surface area contributed by atoms with Crippen LogP contribution in [0.2, 0.25) is 0 Å². The zero-order valence-corrected chi connectivity index (χ0v) is 12.6. The molecular weight excluding hydrogens is 274 g/mol. The lowest BCUT2D eigenvalue weighted by Crippen LogP contribution is -2.30. The summed E-state index contributed by atoms with van der Waals surface area (Å²) in [5.74, 6) is 0.505. The van der Waals surface area contributed by atoms with E-state index in [0.29, 0.717) is 18.9 Å². The first-order valence-corrected chi connectivity index (χ1v) is 6.74. The lowest BCUT2D eigenvalue weighted by atomic mass is 10.3. The molecule has 0 aliphatic carbocycles. The molecule has 0 unspecified atom stereocenters. The van der Waals surface area contributed by atoms with Gasteiger partial charge in [0, 0.05) is 6.54 Å². The third kappa shape index (κ3) is 6.76. The molecule has 0 bridgehead atoms. The molecule has 6 nitrogen and oxygen atoms in total. The van der Waals surface area contributed by atoms with Gasteiger partial charge in [-0.1, -0.05) is 0 Å². The zero-order valence-electron chi connectivity index (χ0n) is 12.6. The molecule has 0 N–H and O–H groups in total. The number of hydrogen-bond donors (Lipinski definition) is 0. The average molecular weight is 295 g/mol. The molecule has 0 aliphatic rings. The van der Waals surface area contributed by atoms with Crippen molar-refractivity contribution in [1.29, 1.82) is 0 Å². The first kappa shape index (κ1) is 17.0. The monoisotopic (exact) mass is 295 g/mol. The Kier molecular flexibility index (Phi) is 7.25. The maximum absolute atomic E-state index is 11.7. The van der Waals surface area contributed by atoms with Crippen LogP contribution in [0.25, 0.3) is 0 Å². The third-order valence-corrected chi connectivity index (χ3v) is 2.69. The van der Waals surface area contributed by atoms with E-state index in [-0.39, 0.29) is 24.9 Å². The van der Waals surface area contributed by atoms with Gasteiger partial charge in [0.2, 0.25) is 0 Å². The minimum Gasteiger partial charge on any atom is -0.494 e. The first-order chi connectivity index (χ1) is 10.0. The van der Waals surface area contributed by atoms with Crippen molar-refractivity contribution in [2.45, 2.75) is 13.3 Å². The zero-order chi connectivity index (χ0) is 15.7. The summed E-state index contributed by atoms with van der Waals surface area (Å²) in [7, 11) is 3.07. The third-order valence-electron chi connectivity index (χ3n) is 2.69. The first-order valence-electron chi connectivity index (χ1n) is 6.74. The Balaban J connectivity index is 2.37. The molecule has 6 heteroatoms. The van der Waals surface area contributed by atoms with Crippen molar-refractivity contribution < 1.29 is 23.8 Å². The van der Waals surface area contributed by atoms with Gasteiger partial charge in [-0.15, -0.1) is 0 Å². The molecule has 0 heterocycles. The van der Waals surface area contributed by atoms with Gasteiger partial charge < -0.3 is 14.2 Å². The lowest BCUT2D eigenvalue weighted by molar-refractivity contribution is -0.142. The average Bonchev–Trinajstić information content (AvgIpc) is 2.47. The van der Waals surface area contributed by atoms with Gasteiger partial charge in [0.25, 0.3) is 0 Å². The van der Waals surface area contributed by atoms with Crippen LogP contribution in [-0.4, -0.2) is 50.7 Å². The van der Waals surface area contributed by atoms with E-state index in [4.69, 9.17) is 9.47 Å². The Labute approximate surface area is 124 Å². The quantitative estimate of drug-likeness (QED) is 0.535. The van der Waals surface area contributed by atoms with Crippen molar-refractivity contribution >= 4 is 11.9 Å². The number of methoxy groups -OCH3 is 1. The summed E-state index contributed by atoms with van der Waals surface area (Å²) in [6, 6.07) is 6.84. The molecule has 0 saturated carbocycles. The Morgan fingerprint density at radius 2 is 1.71 bits per heavy atom. The van der Waals surface area contributed by atoms with Gasteiger partial charge in [-0.05, 0) is 38.2 Å². The minimum absolute atomic E-state index is 0.101. The van der Waals surface area contributed by atoms with Gasteiger partial charge in [0.15, 0.2) is 0 Å². The predicted molar refractivity (Wildman–Crippen MR) is 77.4 cm³/mol. The molecule has 116 valence electrons. The molecule has 1 rings (SSSR count). The van der Waals surface area contributed by atoms with E-state index >= 15 is 0 Å². The number of rotatable bonds is 8. The number of esters is 2. The fourth-order valence-corrected chi connectivity index (χ4v) is 1.62. The summed E-state index contributed by atoms with van der Waals surface area (Å²) in [6.45, 7) is 3.03. The normalized spacial score (nSPS) is 10.3. The van der Waals surface area contributed by atoms with Gasteiger partial charge in [-0.2, -0.15) is 0 Å². The highest BCUT2D eigenvalue weighted by Crippen LogP contribution is 2.17. The Hall–Kier alpha value is -2.08. The van der Waals surface area contributed by atoms with Gasteiger partial charge in [0.1, 0.15) is 11.5 Å². The second-order valence-electron chi connectivity index (χ2n) is 4.44. The molecular formula is C15H21NO5. The second-order valence-corrected chi connectivity index (χ2v) is 4.44. The highest BCUT2D eigenvalue weighted by molar-refractivity contribution is 5.74. The molecule has 0 atom stereocenters. The molecule has 0 spiro atoms. The highest BCUT2D eigenvalue weighted by Gasteiger charge is 2.11. The molecule has 1 aromatic carbocycles.